The molecule has 4 aromatic rings. The molecule has 0 aliphatic heterocycles. The van der Waals surface area contributed by atoms with Crippen LogP contribution < -0.4 is 16.9 Å². The first-order chi connectivity index (χ1) is 20.9. The summed E-state index contributed by atoms with van der Waals surface area (Å²) < 4.78 is 2.57. The van der Waals surface area contributed by atoms with Gasteiger partial charge in [-0.15, -0.1) is 12.4 Å². The molecule has 2 aromatic heterocycles. The maximum atomic E-state index is 12.8. The van der Waals surface area contributed by atoms with Crippen molar-refractivity contribution in [2.75, 3.05) is 5.73 Å². The van der Waals surface area contributed by atoms with Gasteiger partial charge in [-0.1, -0.05) is 12.1 Å². The number of nitro groups is 1. The number of aryl methyl sites for hydroxylation is 2. The second kappa shape index (κ2) is 12.9. The number of halogens is 1. The van der Waals surface area contributed by atoms with Crippen LogP contribution in [0.2, 0.25) is 0 Å². The Morgan fingerprint density at radius 3 is 1.67 bits per heavy atom. The molecule has 2 aliphatic rings. The summed E-state index contributed by atoms with van der Waals surface area (Å²) in [6.07, 6.45) is 0.747. The second-order valence-electron chi connectivity index (χ2n) is 10.8. The first-order valence-electron chi connectivity index (χ1n) is 13.9. The van der Waals surface area contributed by atoms with Gasteiger partial charge in [-0.2, -0.15) is 0 Å². The summed E-state index contributed by atoms with van der Waals surface area (Å²) in [7, 11) is 0. The monoisotopic (exact) mass is 636 g/mol. The number of non-ortho nitro benzene ring substituents is 1. The lowest BCUT2D eigenvalue weighted by molar-refractivity contribution is -0.383. The molecule has 2 fully saturated rings. The zero-order valence-corrected chi connectivity index (χ0v) is 25.2. The molecule has 0 radical (unpaired) electrons. The van der Waals surface area contributed by atoms with Gasteiger partial charge in [-0.25, -0.2) is 9.97 Å². The van der Waals surface area contributed by atoms with Crippen LogP contribution in [0.15, 0.2) is 46.0 Å². The van der Waals surface area contributed by atoms with Crippen molar-refractivity contribution in [2.24, 2.45) is 0 Å². The molecule has 2 atom stereocenters. The van der Waals surface area contributed by atoms with Crippen LogP contribution in [0.25, 0.3) is 21.8 Å². The van der Waals surface area contributed by atoms with Crippen molar-refractivity contribution < 1.29 is 24.1 Å². The molecular formula is C30H29ClN6O8. The van der Waals surface area contributed by atoms with Crippen LogP contribution in [0.1, 0.15) is 62.3 Å². The van der Waals surface area contributed by atoms with Crippen LogP contribution in [0.4, 0.5) is 11.4 Å². The van der Waals surface area contributed by atoms with Crippen molar-refractivity contribution in [1.29, 1.82) is 0 Å². The van der Waals surface area contributed by atoms with E-state index in [2.05, 4.69) is 9.97 Å². The van der Waals surface area contributed by atoms with Gasteiger partial charge in [-0.05, 0) is 44.9 Å². The second-order valence-corrected chi connectivity index (χ2v) is 10.8. The van der Waals surface area contributed by atoms with Gasteiger partial charge in [0.05, 0.1) is 46.3 Å². The van der Waals surface area contributed by atoms with Crippen molar-refractivity contribution in [1.82, 2.24) is 19.1 Å². The van der Waals surface area contributed by atoms with Crippen molar-refractivity contribution in [3.8, 4) is 0 Å². The SMILES string of the molecule is Cc1nc2cccc(N)c2c(=O)n1C1CCC(=O)CC1=O.Cc1nc2cccc([N+](=O)[O-])c2c(=O)n1C1CCC(=O)CC1=O.Cl. The number of carbonyl (C=O) groups is 4. The predicted molar refractivity (Wildman–Crippen MR) is 166 cm³/mol. The molecule has 0 spiro atoms. The number of anilines is 1. The van der Waals surface area contributed by atoms with Gasteiger partial charge in [0, 0.05) is 24.6 Å². The number of carbonyl (C=O) groups excluding carboxylic acids is 4. The minimum absolute atomic E-state index is 0. The van der Waals surface area contributed by atoms with Gasteiger partial charge in [0.25, 0.3) is 16.8 Å². The lowest BCUT2D eigenvalue weighted by atomic mass is 9.92. The number of hydrogen-bond acceptors (Lipinski definition) is 11. The van der Waals surface area contributed by atoms with Crippen LogP contribution in [-0.2, 0) is 19.2 Å². The first kappa shape index (κ1) is 32.8. The fourth-order valence-corrected chi connectivity index (χ4v) is 5.87. The fraction of sp³-hybridized carbons (Fsp3) is 0.333. The van der Waals surface area contributed by atoms with Crippen LogP contribution in [0.5, 0.6) is 0 Å². The number of hydrogen-bond donors (Lipinski definition) is 1. The molecule has 2 unspecified atom stereocenters. The minimum atomic E-state index is -0.795. The molecule has 0 amide bonds. The summed E-state index contributed by atoms with van der Waals surface area (Å²) >= 11 is 0. The third-order valence-electron chi connectivity index (χ3n) is 7.92. The average molecular weight is 637 g/mol. The molecule has 234 valence electrons. The molecule has 0 saturated heterocycles. The van der Waals surface area contributed by atoms with E-state index in [1.54, 1.807) is 32.0 Å². The molecule has 2 aliphatic carbocycles. The summed E-state index contributed by atoms with van der Waals surface area (Å²) in [5, 5.41) is 11.4. The third-order valence-corrected chi connectivity index (χ3v) is 7.92. The Kier molecular flexibility index (Phi) is 9.37. The molecular weight excluding hydrogens is 608 g/mol. The van der Waals surface area contributed by atoms with Crippen molar-refractivity contribution in [2.45, 2.75) is 64.5 Å². The Labute approximate surface area is 260 Å². The Balaban J connectivity index is 0.000000201. The molecule has 15 heteroatoms. The zero-order valence-electron chi connectivity index (χ0n) is 24.3. The van der Waals surface area contributed by atoms with E-state index in [1.165, 1.54) is 27.3 Å². The number of nitro benzene ring substituents is 1. The number of nitrogens with zero attached hydrogens (tertiary/aromatic N) is 5. The summed E-state index contributed by atoms with van der Waals surface area (Å²) in [4.78, 5) is 91.5. The van der Waals surface area contributed by atoms with Crippen LogP contribution >= 0.6 is 12.4 Å². The molecule has 6 rings (SSSR count). The number of rotatable bonds is 3. The van der Waals surface area contributed by atoms with E-state index in [1.807, 2.05) is 0 Å². The van der Waals surface area contributed by atoms with E-state index >= 15 is 0 Å². The highest BCUT2D eigenvalue weighted by Gasteiger charge is 2.32. The Bertz CT molecular complexity index is 2040. The highest BCUT2D eigenvalue weighted by Crippen LogP contribution is 2.27. The largest absolute Gasteiger partial charge is 0.398 e. The van der Waals surface area contributed by atoms with Crippen LogP contribution in [0, 0.1) is 24.0 Å². The van der Waals surface area contributed by atoms with Gasteiger partial charge in [-0.3, -0.25) is 48.0 Å². The molecule has 45 heavy (non-hydrogen) atoms. The van der Waals surface area contributed by atoms with Gasteiger partial charge in [0.15, 0.2) is 11.6 Å². The molecule has 0 bridgehead atoms. The van der Waals surface area contributed by atoms with Crippen LogP contribution in [0.3, 0.4) is 0 Å². The maximum Gasteiger partial charge on any atom is 0.284 e. The first-order valence-corrected chi connectivity index (χ1v) is 13.9. The van der Waals surface area contributed by atoms with Gasteiger partial charge >= 0.3 is 0 Å². The Morgan fingerprint density at radius 1 is 0.756 bits per heavy atom. The Morgan fingerprint density at radius 2 is 1.20 bits per heavy atom. The third kappa shape index (κ3) is 6.13. The fourth-order valence-electron chi connectivity index (χ4n) is 5.87. The summed E-state index contributed by atoms with van der Waals surface area (Å²) in [5.74, 6) is -0.0494. The topological polar surface area (TPSA) is 207 Å². The van der Waals surface area contributed by atoms with E-state index in [9.17, 15) is 38.9 Å². The van der Waals surface area contributed by atoms with E-state index in [4.69, 9.17) is 5.73 Å². The number of fused-ring (bicyclic) bond motifs is 2. The van der Waals surface area contributed by atoms with E-state index in [0.29, 0.717) is 41.1 Å². The molecule has 2 saturated carbocycles. The molecule has 2 heterocycles. The highest BCUT2D eigenvalue weighted by atomic mass is 35.5. The van der Waals surface area contributed by atoms with E-state index in [-0.39, 0.29) is 83.4 Å². The summed E-state index contributed by atoms with van der Waals surface area (Å²) in [6.45, 7) is 3.26. The standard InChI is InChI=1S/C15H13N3O5.C15H15N3O3.ClH/c1-8-16-10-3-2-4-12(18(22)23)14(10)15(21)17(8)11-6-5-9(19)7-13(11)20;1-8-17-11-4-2-3-10(16)14(11)15(21)18(8)12-6-5-9(19)7-13(12)20;/h2-4,11H,5-7H2,1H3;2-4,12H,5-7,16H2,1H3;1H. The number of aromatic nitrogens is 4. The number of Topliss-reactive ketones (excluding diaryl/α,β-unsaturated/α-hetero) is 4. The maximum absolute atomic E-state index is 12.8. The van der Waals surface area contributed by atoms with Crippen LogP contribution in [-0.4, -0.2) is 47.2 Å². The predicted octanol–water partition coefficient (Wildman–Crippen LogP) is 3.05. The molecule has 2 N–H and O–H groups in total. The zero-order chi connectivity index (χ0) is 31.9. The Hall–Kier alpha value is -5.11. The summed E-state index contributed by atoms with van der Waals surface area (Å²) in [5.41, 5.74) is 5.68. The minimum Gasteiger partial charge on any atom is -0.398 e. The molecule has 14 nitrogen and oxygen atoms in total. The van der Waals surface area contributed by atoms with Crippen molar-refractivity contribution in [3.63, 3.8) is 0 Å². The lowest BCUT2D eigenvalue weighted by Gasteiger charge is -2.24. The lowest BCUT2D eigenvalue weighted by Crippen LogP contribution is -2.36. The van der Waals surface area contributed by atoms with E-state index in [0.717, 1.165) is 0 Å². The number of ketones is 4. The van der Waals surface area contributed by atoms with Crippen molar-refractivity contribution >= 4 is 68.7 Å². The average Bonchev–Trinajstić information content (AvgIpc) is 2.95. The number of nitrogen functional groups attached to an aromatic ring is 1. The molecule has 2 aromatic carbocycles. The van der Waals surface area contributed by atoms with Crippen molar-refractivity contribution in [3.05, 3.63) is 78.9 Å². The van der Waals surface area contributed by atoms with E-state index < -0.39 is 22.6 Å². The summed E-state index contributed by atoms with van der Waals surface area (Å²) in [6, 6.07) is 7.89. The normalized spacial score (nSPS) is 18.4. The van der Waals surface area contributed by atoms with Gasteiger partial charge < -0.3 is 5.73 Å². The van der Waals surface area contributed by atoms with Gasteiger partial charge in [0.2, 0.25) is 0 Å². The smallest absolute Gasteiger partial charge is 0.284 e. The number of nitrogens with two attached hydrogens (primary N) is 1. The quantitative estimate of drug-likeness (QED) is 0.149. The highest BCUT2D eigenvalue weighted by molar-refractivity contribution is 6.04. The number of benzene rings is 2. The van der Waals surface area contributed by atoms with Gasteiger partial charge in [0.1, 0.15) is 28.6 Å².